The van der Waals surface area contributed by atoms with Gasteiger partial charge in [-0.15, -0.1) is 0 Å². The van der Waals surface area contributed by atoms with E-state index in [9.17, 15) is 9.59 Å². The number of Topliss-reactive ketones (excluding diaryl/α,β-unsaturated/α-hetero) is 1. The third kappa shape index (κ3) is 4.51. The molecule has 8 heteroatoms. The minimum absolute atomic E-state index is 0.0414. The van der Waals surface area contributed by atoms with Gasteiger partial charge in [-0.2, -0.15) is 0 Å². The van der Waals surface area contributed by atoms with Crippen LogP contribution in [0.2, 0.25) is 0 Å². The second-order valence-electron chi connectivity index (χ2n) is 9.24. The molecule has 1 fully saturated rings. The van der Waals surface area contributed by atoms with E-state index in [0.29, 0.717) is 47.2 Å². The average molecular weight is 541 g/mol. The number of benzene rings is 2. The number of allylic oxidation sites excluding steroid dienone is 1. The maximum absolute atomic E-state index is 13.7. The number of rotatable bonds is 5. The van der Waals surface area contributed by atoms with Crippen molar-refractivity contribution in [2.24, 2.45) is 5.92 Å². The fourth-order valence-electron chi connectivity index (χ4n) is 5.11. The van der Waals surface area contributed by atoms with Crippen LogP contribution in [0, 0.1) is 5.92 Å². The number of ether oxygens (including phenoxy) is 3. The van der Waals surface area contributed by atoms with Crippen molar-refractivity contribution in [1.82, 2.24) is 4.90 Å². The van der Waals surface area contributed by atoms with Crippen LogP contribution in [0.3, 0.4) is 0 Å². The Hall–Kier alpha value is -3.00. The lowest BCUT2D eigenvalue weighted by Gasteiger charge is -2.21. The molecule has 0 unspecified atom stereocenters. The quantitative estimate of drug-likeness (QED) is 0.510. The molecule has 2 aliphatic heterocycles. The molecule has 2 aromatic rings. The van der Waals surface area contributed by atoms with E-state index in [0.717, 1.165) is 41.3 Å². The SMILES string of the molecule is COc1c2c(c(Br)c3c1OCO3)CCN(C)C(C(=O)c1cccc(NC(=O)C3CCCCC3)c1)=C2. The normalized spacial score (nSPS) is 17.3. The summed E-state index contributed by atoms with van der Waals surface area (Å²) in [5.74, 6) is 1.70. The number of likely N-dealkylation sites (N-methyl/N-ethyl adjacent to an activating group) is 1. The molecule has 0 aromatic heterocycles. The first-order valence-electron chi connectivity index (χ1n) is 12.0. The third-order valence-corrected chi connectivity index (χ3v) is 7.89. The van der Waals surface area contributed by atoms with Crippen molar-refractivity contribution < 1.29 is 23.8 Å². The number of anilines is 1. The number of ketones is 1. The summed E-state index contributed by atoms with van der Waals surface area (Å²) >= 11 is 3.67. The summed E-state index contributed by atoms with van der Waals surface area (Å²) in [5, 5.41) is 3.02. The van der Waals surface area contributed by atoms with Crippen LogP contribution in [0.1, 0.15) is 53.6 Å². The first kappa shape index (κ1) is 23.7. The number of nitrogens with one attached hydrogen (secondary N) is 1. The first-order valence-corrected chi connectivity index (χ1v) is 12.8. The molecule has 35 heavy (non-hydrogen) atoms. The number of hydrogen-bond acceptors (Lipinski definition) is 6. The molecular weight excluding hydrogens is 512 g/mol. The smallest absolute Gasteiger partial charge is 0.231 e. The number of halogens is 1. The molecule has 184 valence electrons. The van der Waals surface area contributed by atoms with E-state index in [1.165, 1.54) is 6.42 Å². The standard InChI is InChI=1S/C27H29BrN2O5/c1-30-12-11-19-20(24(33-2)26-25(22(19)28)34-15-35-26)14-21(30)23(31)17-9-6-10-18(13-17)29-27(32)16-7-4-3-5-8-16/h6,9-10,13-14,16H,3-5,7-8,11-12,15H2,1-2H3,(H,29,32). The predicted octanol–water partition coefficient (Wildman–Crippen LogP) is 5.42. The number of amides is 1. The number of methoxy groups -OCH3 is 1. The Labute approximate surface area is 213 Å². The lowest BCUT2D eigenvalue weighted by Crippen LogP contribution is -2.26. The monoisotopic (exact) mass is 540 g/mol. The Balaban J connectivity index is 1.47. The second kappa shape index (κ2) is 9.93. The molecule has 1 amide bonds. The van der Waals surface area contributed by atoms with Gasteiger partial charge < -0.3 is 24.4 Å². The fraction of sp³-hybridized carbons (Fsp3) is 0.407. The number of fused-ring (bicyclic) bond motifs is 2. The zero-order valence-electron chi connectivity index (χ0n) is 20.0. The zero-order valence-corrected chi connectivity index (χ0v) is 21.6. The van der Waals surface area contributed by atoms with Crippen LogP contribution >= 0.6 is 15.9 Å². The lowest BCUT2D eigenvalue weighted by molar-refractivity contribution is -0.120. The van der Waals surface area contributed by atoms with Gasteiger partial charge in [0.15, 0.2) is 11.5 Å². The summed E-state index contributed by atoms with van der Waals surface area (Å²) in [6.07, 6.45) is 7.81. The topological polar surface area (TPSA) is 77.1 Å². The van der Waals surface area contributed by atoms with Gasteiger partial charge >= 0.3 is 0 Å². The van der Waals surface area contributed by atoms with Crippen LogP contribution in [-0.4, -0.2) is 44.1 Å². The van der Waals surface area contributed by atoms with Gasteiger partial charge in [0.2, 0.25) is 24.2 Å². The fourth-order valence-corrected chi connectivity index (χ4v) is 5.81. The maximum Gasteiger partial charge on any atom is 0.231 e. The Bertz CT molecular complexity index is 1200. The third-order valence-electron chi connectivity index (χ3n) is 7.05. The minimum Gasteiger partial charge on any atom is -0.492 e. The van der Waals surface area contributed by atoms with E-state index in [-0.39, 0.29) is 24.4 Å². The van der Waals surface area contributed by atoms with Crippen molar-refractivity contribution in [3.63, 3.8) is 0 Å². The molecule has 5 rings (SSSR count). The highest BCUT2D eigenvalue weighted by Crippen LogP contribution is 2.51. The number of hydrogen-bond donors (Lipinski definition) is 1. The van der Waals surface area contributed by atoms with Crippen molar-refractivity contribution in [2.45, 2.75) is 38.5 Å². The Morgan fingerprint density at radius 3 is 2.69 bits per heavy atom. The van der Waals surface area contributed by atoms with Crippen LogP contribution < -0.4 is 19.5 Å². The molecule has 0 bridgehead atoms. The summed E-state index contributed by atoms with van der Waals surface area (Å²) < 4.78 is 17.9. The molecule has 0 saturated heterocycles. The van der Waals surface area contributed by atoms with Gasteiger partial charge in [-0.3, -0.25) is 9.59 Å². The highest BCUT2D eigenvalue weighted by atomic mass is 79.9. The summed E-state index contributed by atoms with van der Waals surface area (Å²) in [6, 6.07) is 7.19. The van der Waals surface area contributed by atoms with Crippen molar-refractivity contribution in [3.05, 3.63) is 51.1 Å². The molecule has 7 nitrogen and oxygen atoms in total. The van der Waals surface area contributed by atoms with Gasteiger partial charge in [0.25, 0.3) is 0 Å². The molecule has 3 aliphatic rings. The first-order chi connectivity index (χ1) is 17.0. The van der Waals surface area contributed by atoms with E-state index in [1.54, 1.807) is 19.2 Å². The van der Waals surface area contributed by atoms with Crippen molar-refractivity contribution in [1.29, 1.82) is 0 Å². The molecule has 0 spiro atoms. The Morgan fingerprint density at radius 2 is 1.91 bits per heavy atom. The van der Waals surface area contributed by atoms with E-state index in [2.05, 4.69) is 21.2 Å². The minimum atomic E-state index is -0.120. The predicted molar refractivity (Wildman–Crippen MR) is 137 cm³/mol. The van der Waals surface area contributed by atoms with E-state index < -0.39 is 0 Å². The van der Waals surface area contributed by atoms with Gasteiger partial charge in [0, 0.05) is 36.3 Å². The van der Waals surface area contributed by atoms with Gasteiger partial charge in [0.05, 0.1) is 17.3 Å². The van der Waals surface area contributed by atoms with Gasteiger partial charge in [-0.25, -0.2) is 0 Å². The van der Waals surface area contributed by atoms with Gasteiger partial charge in [-0.1, -0.05) is 31.4 Å². The molecule has 0 atom stereocenters. The molecule has 2 aromatic carbocycles. The maximum atomic E-state index is 13.7. The molecule has 0 radical (unpaired) electrons. The van der Waals surface area contributed by atoms with Crippen LogP contribution in [0.5, 0.6) is 17.2 Å². The van der Waals surface area contributed by atoms with Gasteiger partial charge in [0.1, 0.15) is 0 Å². The summed E-state index contributed by atoms with van der Waals surface area (Å²) in [4.78, 5) is 28.4. The summed E-state index contributed by atoms with van der Waals surface area (Å²) in [7, 11) is 3.50. The average Bonchev–Trinajstić information content (AvgIpc) is 3.30. The molecule has 2 heterocycles. The molecule has 1 aliphatic carbocycles. The zero-order chi connectivity index (χ0) is 24.5. The van der Waals surface area contributed by atoms with Crippen molar-refractivity contribution >= 4 is 39.4 Å². The number of carbonyl (C=O) groups is 2. The van der Waals surface area contributed by atoms with E-state index in [4.69, 9.17) is 14.2 Å². The highest BCUT2D eigenvalue weighted by molar-refractivity contribution is 9.10. The van der Waals surface area contributed by atoms with E-state index >= 15 is 0 Å². The largest absolute Gasteiger partial charge is 0.492 e. The Kier molecular flexibility index (Phi) is 6.73. The molecule has 1 saturated carbocycles. The van der Waals surface area contributed by atoms with Crippen LogP contribution in [-0.2, 0) is 11.2 Å². The Morgan fingerprint density at radius 1 is 1.14 bits per heavy atom. The van der Waals surface area contributed by atoms with Crippen molar-refractivity contribution in [3.8, 4) is 17.2 Å². The van der Waals surface area contributed by atoms with Crippen LogP contribution in [0.15, 0.2) is 34.4 Å². The van der Waals surface area contributed by atoms with E-state index in [1.807, 2.05) is 30.2 Å². The van der Waals surface area contributed by atoms with Crippen LogP contribution in [0.25, 0.3) is 6.08 Å². The highest BCUT2D eigenvalue weighted by Gasteiger charge is 2.32. The summed E-state index contributed by atoms with van der Waals surface area (Å²) in [6.45, 7) is 0.770. The molecular formula is C27H29BrN2O5. The second-order valence-corrected chi connectivity index (χ2v) is 10.0. The van der Waals surface area contributed by atoms with Gasteiger partial charge in [-0.05, 0) is 59.0 Å². The molecule has 1 N–H and O–H groups in total. The van der Waals surface area contributed by atoms with Crippen molar-refractivity contribution in [2.75, 3.05) is 32.8 Å². The summed E-state index contributed by atoms with van der Waals surface area (Å²) in [5.41, 5.74) is 3.52. The lowest BCUT2D eigenvalue weighted by atomic mass is 9.88. The van der Waals surface area contributed by atoms with Crippen LogP contribution in [0.4, 0.5) is 5.69 Å². The number of nitrogens with zero attached hydrogens (tertiary/aromatic N) is 1. The number of carbonyl (C=O) groups excluding carboxylic acids is 2.